The Hall–Kier alpha value is -2.25. The summed E-state index contributed by atoms with van der Waals surface area (Å²) in [5.74, 6) is 1.70. The van der Waals surface area contributed by atoms with Crippen LogP contribution in [0, 0.1) is 6.92 Å². The molecule has 0 spiro atoms. The van der Waals surface area contributed by atoms with E-state index in [9.17, 15) is 4.79 Å². The van der Waals surface area contributed by atoms with Crippen LogP contribution in [0.3, 0.4) is 0 Å². The zero-order chi connectivity index (χ0) is 19.9. The van der Waals surface area contributed by atoms with Gasteiger partial charge in [-0.3, -0.25) is 4.79 Å². The van der Waals surface area contributed by atoms with Gasteiger partial charge in [-0.15, -0.1) is 0 Å². The topological polar surface area (TPSA) is 79.4 Å². The molecule has 1 fully saturated rings. The van der Waals surface area contributed by atoms with Gasteiger partial charge < -0.3 is 20.3 Å². The molecule has 0 bridgehead atoms. The first kappa shape index (κ1) is 20.5. The fraction of sp³-hybridized carbons (Fsp3) is 0.421. The summed E-state index contributed by atoms with van der Waals surface area (Å²) in [7, 11) is 0. The number of benzene rings is 1. The zero-order valence-corrected chi connectivity index (χ0v) is 17.2. The predicted octanol–water partition coefficient (Wildman–Crippen LogP) is 3.30. The number of aryl methyl sites for hydroxylation is 1. The van der Waals surface area contributed by atoms with Crippen molar-refractivity contribution in [2.75, 3.05) is 43.0 Å². The fourth-order valence-corrected chi connectivity index (χ4v) is 3.37. The summed E-state index contributed by atoms with van der Waals surface area (Å²) in [5, 5.41) is 6.81. The summed E-state index contributed by atoms with van der Waals surface area (Å²) in [6, 6.07) is 6.85. The lowest BCUT2D eigenvalue weighted by molar-refractivity contribution is -0.123. The Morgan fingerprint density at radius 2 is 1.96 bits per heavy atom. The maximum atomic E-state index is 11.9. The van der Waals surface area contributed by atoms with E-state index in [4.69, 9.17) is 27.9 Å². The second kappa shape index (κ2) is 9.80. The highest BCUT2D eigenvalue weighted by molar-refractivity contribution is 6.35. The molecule has 1 aromatic carbocycles. The van der Waals surface area contributed by atoms with Gasteiger partial charge in [0.15, 0.2) is 6.61 Å². The van der Waals surface area contributed by atoms with Crippen molar-refractivity contribution < 1.29 is 9.53 Å². The number of amides is 1. The minimum absolute atomic E-state index is 0.124. The molecule has 0 aliphatic carbocycles. The highest BCUT2D eigenvalue weighted by Gasteiger charge is 2.15. The molecule has 1 saturated heterocycles. The Morgan fingerprint density at radius 1 is 1.18 bits per heavy atom. The minimum Gasteiger partial charge on any atom is -0.482 e. The third-order valence-corrected chi connectivity index (χ3v) is 4.78. The number of aromatic nitrogens is 2. The van der Waals surface area contributed by atoms with Gasteiger partial charge in [0.2, 0.25) is 5.95 Å². The van der Waals surface area contributed by atoms with Crippen molar-refractivity contribution in [3.63, 3.8) is 0 Å². The van der Waals surface area contributed by atoms with Crippen LogP contribution in [0.25, 0.3) is 0 Å². The molecule has 7 nitrogen and oxygen atoms in total. The normalized spacial score (nSPS) is 13.5. The summed E-state index contributed by atoms with van der Waals surface area (Å²) in [5.41, 5.74) is 0.914. The molecule has 0 radical (unpaired) electrons. The predicted molar refractivity (Wildman–Crippen MR) is 112 cm³/mol. The lowest BCUT2D eigenvalue weighted by Gasteiger charge is -2.17. The lowest BCUT2D eigenvalue weighted by Crippen LogP contribution is -2.33. The smallest absolute Gasteiger partial charge is 0.258 e. The van der Waals surface area contributed by atoms with E-state index < -0.39 is 0 Å². The highest BCUT2D eigenvalue weighted by Crippen LogP contribution is 2.27. The first-order chi connectivity index (χ1) is 13.5. The van der Waals surface area contributed by atoms with Gasteiger partial charge in [-0.05, 0) is 38.0 Å². The molecule has 0 unspecified atom stereocenters. The van der Waals surface area contributed by atoms with Crippen molar-refractivity contribution in [3.05, 3.63) is 40.0 Å². The summed E-state index contributed by atoms with van der Waals surface area (Å²) in [4.78, 5) is 23.2. The number of anilines is 2. The van der Waals surface area contributed by atoms with Crippen molar-refractivity contribution in [1.29, 1.82) is 0 Å². The van der Waals surface area contributed by atoms with E-state index in [1.807, 2.05) is 13.0 Å². The summed E-state index contributed by atoms with van der Waals surface area (Å²) >= 11 is 11.8. The van der Waals surface area contributed by atoms with Gasteiger partial charge in [-0.25, -0.2) is 4.98 Å². The minimum atomic E-state index is -0.240. The van der Waals surface area contributed by atoms with Crippen LogP contribution < -0.4 is 20.3 Å². The monoisotopic (exact) mass is 423 g/mol. The molecule has 1 amide bonds. The molecule has 1 aliphatic heterocycles. The molecule has 9 heteroatoms. The van der Waals surface area contributed by atoms with Crippen LogP contribution >= 0.6 is 23.2 Å². The largest absolute Gasteiger partial charge is 0.482 e. The van der Waals surface area contributed by atoms with Crippen LogP contribution in [0.15, 0.2) is 24.3 Å². The summed E-state index contributed by atoms with van der Waals surface area (Å²) in [6.07, 6.45) is 2.39. The number of rotatable bonds is 8. The van der Waals surface area contributed by atoms with Gasteiger partial charge >= 0.3 is 0 Å². The highest BCUT2D eigenvalue weighted by atomic mass is 35.5. The molecular weight excluding hydrogens is 401 g/mol. The molecule has 2 aromatic rings. The van der Waals surface area contributed by atoms with Crippen molar-refractivity contribution in [3.8, 4) is 5.75 Å². The zero-order valence-electron chi connectivity index (χ0n) is 15.7. The van der Waals surface area contributed by atoms with Gasteiger partial charge in [0.25, 0.3) is 5.91 Å². The van der Waals surface area contributed by atoms with Crippen molar-refractivity contribution in [1.82, 2.24) is 15.3 Å². The molecule has 28 heavy (non-hydrogen) atoms. The van der Waals surface area contributed by atoms with E-state index >= 15 is 0 Å². The van der Waals surface area contributed by atoms with Crippen LogP contribution in [-0.4, -0.2) is 48.7 Å². The number of halogens is 2. The van der Waals surface area contributed by atoms with Gasteiger partial charge in [0.05, 0.1) is 5.02 Å². The average Bonchev–Trinajstić information content (AvgIpc) is 3.19. The second-order valence-electron chi connectivity index (χ2n) is 6.53. The fourth-order valence-electron chi connectivity index (χ4n) is 2.90. The van der Waals surface area contributed by atoms with Crippen molar-refractivity contribution >= 4 is 40.9 Å². The standard InChI is InChI=1S/C19H23Cl2N5O2/c1-13-10-17(26-8-2-3-9-26)25-19(24-13)23-7-6-22-18(27)12-28-16-5-4-14(20)11-15(16)21/h4-5,10-11H,2-3,6-9,12H2,1H3,(H,22,27)(H,23,24,25). The van der Waals surface area contributed by atoms with Crippen LogP contribution in [-0.2, 0) is 4.79 Å². The number of nitrogens with one attached hydrogen (secondary N) is 2. The number of carbonyl (C=O) groups is 1. The molecule has 0 atom stereocenters. The summed E-state index contributed by atoms with van der Waals surface area (Å²) in [6.45, 7) is 4.82. The van der Waals surface area contributed by atoms with Crippen LogP contribution in [0.2, 0.25) is 10.0 Å². The molecule has 3 rings (SSSR count). The number of ether oxygens (including phenoxy) is 1. The van der Waals surface area contributed by atoms with E-state index in [2.05, 4.69) is 25.5 Å². The molecular formula is C19H23Cl2N5O2. The molecule has 2 N–H and O–H groups in total. The lowest BCUT2D eigenvalue weighted by atomic mass is 10.3. The van der Waals surface area contributed by atoms with E-state index in [1.165, 1.54) is 12.8 Å². The van der Waals surface area contributed by atoms with Crippen LogP contribution in [0.5, 0.6) is 5.75 Å². The van der Waals surface area contributed by atoms with E-state index in [-0.39, 0.29) is 12.5 Å². The molecule has 1 aromatic heterocycles. The van der Waals surface area contributed by atoms with E-state index in [1.54, 1.807) is 18.2 Å². The van der Waals surface area contributed by atoms with Gasteiger partial charge in [-0.1, -0.05) is 23.2 Å². The second-order valence-corrected chi connectivity index (χ2v) is 7.37. The van der Waals surface area contributed by atoms with Gasteiger partial charge in [0.1, 0.15) is 11.6 Å². The Labute approximate surface area is 174 Å². The maximum absolute atomic E-state index is 11.9. The Balaban J connectivity index is 1.41. The third-order valence-electron chi connectivity index (χ3n) is 4.25. The van der Waals surface area contributed by atoms with E-state index in [0.717, 1.165) is 24.6 Å². The van der Waals surface area contributed by atoms with Crippen LogP contribution in [0.1, 0.15) is 18.5 Å². The maximum Gasteiger partial charge on any atom is 0.258 e. The molecule has 2 heterocycles. The van der Waals surface area contributed by atoms with E-state index in [0.29, 0.717) is 34.8 Å². The molecule has 0 saturated carbocycles. The van der Waals surface area contributed by atoms with Gasteiger partial charge in [0, 0.05) is 43.0 Å². The number of nitrogens with zero attached hydrogens (tertiary/aromatic N) is 3. The number of hydrogen-bond donors (Lipinski definition) is 2. The molecule has 150 valence electrons. The first-order valence-corrected chi connectivity index (χ1v) is 9.96. The van der Waals surface area contributed by atoms with Gasteiger partial charge in [-0.2, -0.15) is 4.98 Å². The SMILES string of the molecule is Cc1cc(N2CCCC2)nc(NCCNC(=O)COc2ccc(Cl)cc2Cl)n1. The quantitative estimate of drug-likeness (QED) is 0.634. The Kier molecular flexibility index (Phi) is 7.17. The molecule has 1 aliphatic rings. The van der Waals surface area contributed by atoms with Crippen molar-refractivity contribution in [2.24, 2.45) is 0 Å². The van der Waals surface area contributed by atoms with Crippen LogP contribution in [0.4, 0.5) is 11.8 Å². The van der Waals surface area contributed by atoms with Crippen molar-refractivity contribution in [2.45, 2.75) is 19.8 Å². The average molecular weight is 424 g/mol. The Bertz CT molecular complexity index is 828. The summed E-state index contributed by atoms with van der Waals surface area (Å²) < 4.78 is 5.40. The number of hydrogen-bond acceptors (Lipinski definition) is 6. The number of carbonyl (C=O) groups excluding carboxylic acids is 1. The Morgan fingerprint density at radius 3 is 2.71 bits per heavy atom. The third kappa shape index (κ3) is 5.87. The first-order valence-electron chi connectivity index (χ1n) is 9.20.